The Hall–Kier alpha value is -1.75. The number of hydrogen-bond donors (Lipinski definition) is 1. The molecule has 1 saturated heterocycles. The van der Waals surface area contributed by atoms with Crippen LogP contribution in [-0.2, 0) is 11.3 Å². The SMILES string of the molecule is CCNC(=NCc1ccc(OCCOC)cc1)N1CCC2(CCCC2)C1. The van der Waals surface area contributed by atoms with E-state index in [9.17, 15) is 0 Å². The van der Waals surface area contributed by atoms with Crippen LogP contribution in [0.5, 0.6) is 5.75 Å². The van der Waals surface area contributed by atoms with Gasteiger partial charge in [0.25, 0.3) is 0 Å². The molecule has 0 unspecified atom stereocenters. The van der Waals surface area contributed by atoms with Crippen molar-refractivity contribution in [1.82, 2.24) is 10.2 Å². The van der Waals surface area contributed by atoms with Gasteiger partial charge in [0.1, 0.15) is 12.4 Å². The topological polar surface area (TPSA) is 46.1 Å². The van der Waals surface area contributed by atoms with Crippen LogP contribution in [0.25, 0.3) is 0 Å². The summed E-state index contributed by atoms with van der Waals surface area (Å²) in [7, 11) is 1.68. The zero-order chi connectivity index (χ0) is 18.2. The van der Waals surface area contributed by atoms with Gasteiger partial charge in [-0.15, -0.1) is 0 Å². The average Bonchev–Trinajstić information content (AvgIpc) is 3.30. The number of hydrogen-bond acceptors (Lipinski definition) is 3. The lowest BCUT2D eigenvalue weighted by Gasteiger charge is -2.26. The molecule has 0 aromatic heterocycles. The van der Waals surface area contributed by atoms with E-state index in [-0.39, 0.29) is 0 Å². The molecule has 0 atom stereocenters. The lowest BCUT2D eigenvalue weighted by molar-refractivity contribution is 0.146. The second kappa shape index (κ2) is 9.26. The minimum atomic E-state index is 0.567. The molecule has 3 rings (SSSR count). The summed E-state index contributed by atoms with van der Waals surface area (Å²) in [6.07, 6.45) is 6.92. The summed E-state index contributed by atoms with van der Waals surface area (Å²) in [6.45, 7) is 7.25. The second-order valence-corrected chi connectivity index (χ2v) is 7.53. The van der Waals surface area contributed by atoms with Gasteiger partial charge in [0.2, 0.25) is 0 Å². The quantitative estimate of drug-likeness (QED) is 0.460. The molecule has 1 spiro atoms. The summed E-state index contributed by atoms with van der Waals surface area (Å²) in [5.41, 5.74) is 1.77. The van der Waals surface area contributed by atoms with Crippen LogP contribution in [0.15, 0.2) is 29.3 Å². The highest BCUT2D eigenvalue weighted by molar-refractivity contribution is 5.80. The highest BCUT2D eigenvalue weighted by Crippen LogP contribution is 2.45. The molecule has 2 aliphatic rings. The molecule has 2 fully saturated rings. The predicted molar refractivity (Wildman–Crippen MR) is 106 cm³/mol. The van der Waals surface area contributed by atoms with E-state index >= 15 is 0 Å². The molecule has 1 aromatic carbocycles. The maximum absolute atomic E-state index is 5.62. The largest absolute Gasteiger partial charge is 0.491 e. The van der Waals surface area contributed by atoms with Gasteiger partial charge in [0.05, 0.1) is 13.2 Å². The first-order chi connectivity index (χ1) is 12.7. The fourth-order valence-electron chi connectivity index (χ4n) is 4.17. The van der Waals surface area contributed by atoms with Gasteiger partial charge in [0, 0.05) is 26.7 Å². The summed E-state index contributed by atoms with van der Waals surface area (Å²) in [5, 5.41) is 3.48. The Kier molecular flexibility index (Phi) is 6.78. The normalized spacial score (nSPS) is 19.3. The average molecular weight is 360 g/mol. The van der Waals surface area contributed by atoms with Gasteiger partial charge in [0.15, 0.2) is 5.96 Å². The Balaban J connectivity index is 1.57. The number of aliphatic imine (C=N–C) groups is 1. The van der Waals surface area contributed by atoms with Crippen molar-refractivity contribution in [2.45, 2.75) is 45.6 Å². The van der Waals surface area contributed by atoms with E-state index in [0.717, 1.165) is 24.8 Å². The first-order valence-corrected chi connectivity index (χ1v) is 9.99. The minimum absolute atomic E-state index is 0.567. The Morgan fingerprint density at radius 2 is 1.92 bits per heavy atom. The van der Waals surface area contributed by atoms with Gasteiger partial charge in [-0.3, -0.25) is 0 Å². The number of nitrogens with one attached hydrogen (secondary N) is 1. The van der Waals surface area contributed by atoms with Gasteiger partial charge in [-0.1, -0.05) is 25.0 Å². The van der Waals surface area contributed by atoms with Crippen molar-refractivity contribution in [1.29, 1.82) is 0 Å². The standard InChI is InChI=1S/C21H33N3O2/c1-3-22-20(24-13-12-21(17-24)10-4-5-11-21)23-16-18-6-8-19(9-7-18)26-15-14-25-2/h6-9H,3-5,10-17H2,1-2H3,(H,22,23). The summed E-state index contributed by atoms with van der Waals surface area (Å²) < 4.78 is 10.6. The van der Waals surface area contributed by atoms with Gasteiger partial charge < -0.3 is 19.7 Å². The molecule has 1 aliphatic carbocycles. The number of rotatable bonds is 7. The van der Waals surface area contributed by atoms with E-state index in [1.165, 1.54) is 44.2 Å². The molecule has 0 amide bonds. The van der Waals surface area contributed by atoms with E-state index in [4.69, 9.17) is 14.5 Å². The van der Waals surface area contributed by atoms with Gasteiger partial charge in [-0.2, -0.15) is 0 Å². The van der Waals surface area contributed by atoms with Crippen LogP contribution in [0, 0.1) is 5.41 Å². The highest BCUT2D eigenvalue weighted by Gasteiger charge is 2.41. The maximum atomic E-state index is 5.62. The molecule has 1 heterocycles. The van der Waals surface area contributed by atoms with E-state index < -0.39 is 0 Å². The summed E-state index contributed by atoms with van der Waals surface area (Å²) in [6, 6.07) is 8.21. The Bertz CT molecular complexity index is 579. The number of methoxy groups -OCH3 is 1. The van der Waals surface area contributed by atoms with Crippen molar-refractivity contribution >= 4 is 5.96 Å². The first kappa shape index (κ1) is 19.0. The second-order valence-electron chi connectivity index (χ2n) is 7.53. The number of ether oxygens (including phenoxy) is 2. The van der Waals surface area contributed by atoms with Crippen LogP contribution in [0.2, 0.25) is 0 Å². The molecule has 144 valence electrons. The maximum Gasteiger partial charge on any atom is 0.194 e. The zero-order valence-electron chi connectivity index (χ0n) is 16.3. The molecule has 0 bridgehead atoms. The fourth-order valence-corrected chi connectivity index (χ4v) is 4.17. The molecule has 5 nitrogen and oxygen atoms in total. The monoisotopic (exact) mass is 359 g/mol. The van der Waals surface area contributed by atoms with Crippen molar-refractivity contribution < 1.29 is 9.47 Å². The number of likely N-dealkylation sites (tertiary alicyclic amines) is 1. The molecule has 5 heteroatoms. The number of nitrogens with zero attached hydrogens (tertiary/aromatic N) is 2. The van der Waals surface area contributed by atoms with Gasteiger partial charge >= 0.3 is 0 Å². The van der Waals surface area contributed by atoms with Crippen molar-refractivity contribution in [2.75, 3.05) is 40.0 Å². The summed E-state index contributed by atoms with van der Waals surface area (Å²) in [5.74, 6) is 1.95. The number of guanidine groups is 1. The lowest BCUT2D eigenvalue weighted by atomic mass is 9.86. The van der Waals surface area contributed by atoms with E-state index in [0.29, 0.717) is 25.2 Å². The molecule has 0 radical (unpaired) electrons. The predicted octanol–water partition coefficient (Wildman–Crippen LogP) is 3.44. The van der Waals surface area contributed by atoms with Crippen LogP contribution in [0.4, 0.5) is 0 Å². The van der Waals surface area contributed by atoms with Crippen molar-refractivity contribution in [3.63, 3.8) is 0 Å². The Morgan fingerprint density at radius 3 is 2.62 bits per heavy atom. The van der Waals surface area contributed by atoms with E-state index in [1.54, 1.807) is 7.11 Å². The third kappa shape index (κ3) is 4.91. The third-order valence-electron chi connectivity index (χ3n) is 5.63. The zero-order valence-corrected chi connectivity index (χ0v) is 16.3. The van der Waals surface area contributed by atoms with Crippen LogP contribution in [-0.4, -0.2) is 50.8 Å². The third-order valence-corrected chi connectivity index (χ3v) is 5.63. The lowest BCUT2D eigenvalue weighted by Crippen LogP contribution is -2.41. The van der Waals surface area contributed by atoms with Gasteiger partial charge in [-0.05, 0) is 49.3 Å². The molecule has 1 N–H and O–H groups in total. The number of benzene rings is 1. The Morgan fingerprint density at radius 1 is 1.15 bits per heavy atom. The molecular formula is C21H33N3O2. The van der Waals surface area contributed by atoms with Crippen LogP contribution in [0.1, 0.15) is 44.6 Å². The van der Waals surface area contributed by atoms with E-state index in [2.05, 4.69) is 29.3 Å². The van der Waals surface area contributed by atoms with Crippen LogP contribution >= 0.6 is 0 Å². The smallest absolute Gasteiger partial charge is 0.194 e. The molecule has 26 heavy (non-hydrogen) atoms. The highest BCUT2D eigenvalue weighted by atomic mass is 16.5. The van der Waals surface area contributed by atoms with Crippen LogP contribution in [0.3, 0.4) is 0 Å². The van der Waals surface area contributed by atoms with Crippen molar-refractivity contribution in [3.05, 3.63) is 29.8 Å². The molecule has 1 aromatic rings. The molecular weight excluding hydrogens is 326 g/mol. The summed E-state index contributed by atoms with van der Waals surface area (Å²) in [4.78, 5) is 7.37. The molecule has 1 saturated carbocycles. The Labute approximate surface area is 157 Å². The van der Waals surface area contributed by atoms with Gasteiger partial charge in [-0.25, -0.2) is 4.99 Å². The fraction of sp³-hybridized carbons (Fsp3) is 0.667. The van der Waals surface area contributed by atoms with Crippen molar-refractivity contribution in [3.8, 4) is 5.75 Å². The summed E-state index contributed by atoms with van der Waals surface area (Å²) >= 11 is 0. The minimum Gasteiger partial charge on any atom is -0.491 e. The van der Waals surface area contributed by atoms with Crippen LogP contribution < -0.4 is 10.1 Å². The first-order valence-electron chi connectivity index (χ1n) is 9.99. The molecule has 1 aliphatic heterocycles. The van der Waals surface area contributed by atoms with Crippen molar-refractivity contribution in [2.24, 2.45) is 10.4 Å². The van der Waals surface area contributed by atoms with E-state index in [1.807, 2.05) is 12.1 Å².